The van der Waals surface area contributed by atoms with Gasteiger partial charge in [-0.1, -0.05) is 109 Å². The largest absolute Gasteiger partial charge is 0.333 e. The van der Waals surface area contributed by atoms with Gasteiger partial charge < -0.3 is 14.0 Å². The third-order valence-electron chi connectivity index (χ3n) is 10.4. The zero-order chi connectivity index (χ0) is 33.7. The first-order valence-electron chi connectivity index (χ1n) is 17.7. The van der Waals surface area contributed by atoms with Crippen molar-refractivity contribution in [2.45, 2.75) is 12.5 Å². The molecule has 0 spiro atoms. The van der Waals surface area contributed by atoms with Gasteiger partial charge in [0.1, 0.15) is 0 Å². The SMILES string of the molecule is c1ccc(N2c3ccccc3CC2c2cc(-c3cc4ccccc4n3-c3ccccc3)cc(-c3cc4ccccc4n3-c3ccccc3)c2)cc1. The Morgan fingerprint density at radius 2 is 0.843 bits per heavy atom. The van der Waals surface area contributed by atoms with E-state index in [1.165, 1.54) is 66.8 Å². The summed E-state index contributed by atoms with van der Waals surface area (Å²) in [5, 5.41) is 2.45. The molecule has 242 valence electrons. The van der Waals surface area contributed by atoms with Crippen molar-refractivity contribution in [3.8, 4) is 33.9 Å². The smallest absolute Gasteiger partial charge is 0.0633 e. The average molecular weight is 654 g/mol. The van der Waals surface area contributed by atoms with Crippen molar-refractivity contribution in [3.05, 3.63) is 205 Å². The topological polar surface area (TPSA) is 13.1 Å². The molecule has 9 aromatic rings. The van der Waals surface area contributed by atoms with Gasteiger partial charge in [-0.3, -0.25) is 0 Å². The summed E-state index contributed by atoms with van der Waals surface area (Å²) in [6.45, 7) is 0. The molecule has 1 unspecified atom stereocenters. The molecule has 51 heavy (non-hydrogen) atoms. The van der Waals surface area contributed by atoms with E-state index in [0.717, 1.165) is 17.8 Å². The van der Waals surface area contributed by atoms with Crippen LogP contribution in [-0.2, 0) is 6.42 Å². The lowest BCUT2D eigenvalue weighted by Crippen LogP contribution is -2.20. The minimum Gasteiger partial charge on any atom is -0.333 e. The molecule has 1 atom stereocenters. The van der Waals surface area contributed by atoms with Crippen molar-refractivity contribution in [1.29, 1.82) is 0 Å². The summed E-state index contributed by atoms with van der Waals surface area (Å²) in [7, 11) is 0. The molecule has 3 heteroatoms. The molecule has 7 aromatic carbocycles. The lowest BCUT2D eigenvalue weighted by Gasteiger charge is -2.29. The van der Waals surface area contributed by atoms with Crippen molar-refractivity contribution >= 4 is 33.2 Å². The van der Waals surface area contributed by atoms with Crippen LogP contribution in [0.4, 0.5) is 11.4 Å². The highest BCUT2D eigenvalue weighted by Gasteiger charge is 2.32. The van der Waals surface area contributed by atoms with Crippen LogP contribution < -0.4 is 4.90 Å². The van der Waals surface area contributed by atoms with Crippen LogP contribution in [-0.4, -0.2) is 9.13 Å². The molecule has 0 radical (unpaired) electrons. The average Bonchev–Trinajstić information content (AvgIpc) is 3.91. The lowest BCUT2D eigenvalue weighted by molar-refractivity contribution is 0.743. The minimum absolute atomic E-state index is 0.118. The van der Waals surface area contributed by atoms with E-state index < -0.39 is 0 Å². The molecule has 0 N–H and O–H groups in total. The zero-order valence-electron chi connectivity index (χ0n) is 28.1. The molecular weight excluding hydrogens is 619 g/mol. The van der Waals surface area contributed by atoms with Crippen LogP contribution in [0.15, 0.2) is 194 Å². The molecular formula is C48H35N3. The molecule has 10 rings (SSSR count). The molecule has 1 aliphatic heterocycles. The van der Waals surface area contributed by atoms with Gasteiger partial charge in [-0.2, -0.15) is 0 Å². The standard InChI is InChI=1S/C48H35N3/c1-4-19-40(20-5-1)49-43-25-13-10-16-34(43)31-46(49)37-28-38(47-32-35-17-11-14-26-44(35)50(47)41-21-6-2-7-22-41)30-39(29-37)48-33-36-18-12-15-27-45(36)51(48)42-23-8-3-9-24-42/h1-32,48H,33H2. The second-order valence-electron chi connectivity index (χ2n) is 13.4. The van der Waals surface area contributed by atoms with Gasteiger partial charge in [0, 0.05) is 33.5 Å². The lowest BCUT2D eigenvalue weighted by atomic mass is 9.94. The molecule has 1 aliphatic rings. The van der Waals surface area contributed by atoms with Crippen LogP contribution in [0.25, 0.3) is 55.7 Å². The number of benzene rings is 7. The van der Waals surface area contributed by atoms with E-state index in [9.17, 15) is 0 Å². The number of nitrogens with zero attached hydrogens (tertiary/aromatic N) is 3. The molecule has 0 saturated carbocycles. The summed E-state index contributed by atoms with van der Waals surface area (Å²) in [5.41, 5.74) is 14.6. The maximum Gasteiger partial charge on any atom is 0.0633 e. The third kappa shape index (κ3) is 4.97. The predicted molar refractivity (Wildman–Crippen MR) is 212 cm³/mol. The fourth-order valence-electron chi connectivity index (χ4n) is 8.15. The molecule has 2 aromatic heterocycles. The van der Waals surface area contributed by atoms with Crippen molar-refractivity contribution in [2.24, 2.45) is 0 Å². The van der Waals surface area contributed by atoms with E-state index >= 15 is 0 Å². The second kappa shape index (κ2) is 12.1. The number of aromatic nitrogens is 2. The first kappa shape index (κ1) is 29.3. The highest BCUT2D eigenvalue weighted by molar-refractivity contribution is 5.93. The van der Waals surface area contributed by atoms with Gasteiger partial charge in [0.15, 0.2) is 0 Å². The first-order valence-corrected chi connectivity index (χ1v) is 17.7. The monoisotopic (exact) mass is 653 g/mol. The van der Waals surface area contributed by atoms with E-state index in [4.69, 9.17) is 0 Å². The number of hydrogen-bond acceptors (Lipinski definition) is 1. The number of para-hydroxylation sites is 6. The second-order valence-corrected chi connectivity index (χ2v) is 13.4. The fourth-order valence-corrected chi connectivity index (χ4v) is 8.15. The van der Waals surface area contributed by atoms with Crippen LogP contribution in [0.1, 0.15) is 17.2 Å². The number of rotatable bonds is 6. The number of hydrogen-bond donors (Lipinski definition) is 0. The van der Waals surface area contributed by atoms with E-state index in [1.807, 2.05) is 0 Å². The third-order valence-corrected chi connectivity index (χ3v) is 10.4. The normalized spacial score (nSPS) is 14.0. The predicted octanol–water partition coefficient (Wildman–Crippen LogP) is 12.3. The van der Waals surface area contributed by atoms with E-state index in [-0.39, 0.29) is 6.04 Å². The summed E-state index contributed by atoms with van der Waals surface area (Å²) in [4.78, 5) is 2.54. The van der Waals surface area contributed by atoms with Crippen LogP contribution >= 0.6 is 0 Å². The Bertz CT molecular complexity index is 2530. The molecule has 3 heterocycles. The zero-order valence-corrected chi connectivity index (χ0v) is 28.1. The Labute approximate surface area is 297 Å². The van der Waals surface area contributed by atoms with Crippen molar-refractivity contribution in [2.75, 3.05) is 4.90 Å². The van der Waals surface area contributed by atoms with Gasteiger partial charge >= 0.3 is 0 Å². The maximum atomic E-state index is 2.54. The van der Waals surface area contributed by atoms with Gasteiger partial charge in [-0.25, -0.2) is 0 Å². The van der Waals surface area contributed by atoms with Crippen LogP contribution in [0.3, 0.4) is 0 Å². The number of anilines is 2. The van der Waals surface area contributed by atoms with E-state index in [2.05, 4.69) is 208 Å². The molecule has 0 bridgehead atoms. The summed E-state index contributed by atoms with van der Waals surface area (Å²) in [6, 6.07) is 70.8. The van der Waals surface area contributed by atoms with Crippen LogP contribution in [0.5, 0.6) is 0 Å². The van der Waals surface area contributed by atoms with Gasteiger partial charge in [-0.15, -0.1) is 0 Å². The Morgan fingerprint density at radius 3 is 1.39 bits per heavy atom. The molecule has 0 fully saturated rings. The summed E-state index contributed by atoms with van der Waals surface area (Å²) >= 11 is 0. The Hall–Kier alpha value is -6.58. The van der Waals surface area contributed by atoms with Crippen LogP contribution in [0.2, 0.25) is 0 Å². The maximum absolute atomic E-state index is 2.54. The Kier molecular flexibility index (Phi) is 6.95. The van der Waals surface area contributed by atoms with E-state index in [1.54, 1.807) is 0 Å². The van der Waals surface area contributed by atoms with Gasteiger partial charge in [-0.05, 0) is 114 Å². The van der Waals surface area contributed by atoms with Crippen LogP contribution in [0, 0.1) is 0 Å². The highest BCUT2D eigenvalue weighted by Crippen LogP contribution is 2.47. The van der Waals surface area contributed by atoms with Crippen molar-refractivity contribution in [3.63, 3.8) is 0 Å². The highest BCUT2D eigenvalue weighted by atomic mass is 15.2. The first-order chi connectivity index (χ1) is 25.3. The molecule has 0 saturated heterocycles. The molecule has 0 aliphatic carbocycles. The summed E-state index contributed by atoms with van der Waals surface area (Å²) in [6.07, 6.45) is 0.928. The minimum atomic E-state index is 0.118. The van der Waals surface area contributed by atoms with Crippen molar-refractivity contribution < 1.29 is 0 Å². The Morgan fingerprint density at radius 1 is 0.392 bits per heavy atom. The fraction of sp³-hybridized carbons (Fsp3) is 0.0417. The van der Waals surface area contributed by atoms with Crippen molar-refractivity contribution in [1.82, 2.24) is 9.13 Å². The van der Waals surface area contributed by atoms with Gasteiger partial charge in [0.25, 0.3) is 0 Å². The Balaban J connectivity index is 1.26. The molecule has 3 nitrogen and oxygen atoms in total. The quantitative estimate of drug-likeness (QED) is 0.174. The summed E-state index contributed by atoms with van der Waals surface area (Å²) in [5.74, 6) is 0. The van der Waals surface area contributed by atoms with Gasteiger partial charge in [0.05, 0.1) is 28.5 Å². The van der Waals surface area contributed by atoms with Gasteiger partial charge in [0.2, 0.25) is 0 Å². The van der Waals surface area contributed by atoms with E-state index in [0.29, 0.717) is 0 Å². The summed E-state index contributed by atoms with van der Waals surface area (Å²) < 4.78 is 4.84. The molecule has 0 amide bonds. The number of fused-ring (bicyclic) bond motifs is 3.